The molecule has 0 aromatic heterocycles. The molecule has 1 fully saturated rings. The largest absolute Gasteiger partial charge is 0.495 e. The molecule has 3 rings (SSSR count). The fourth-order valence-corrected chi connectivity index (χ4v) is 3.73. The van der Waals surface area contributed by atoms with E-state index in [1.807, 2.05) is 6.07 Å². The van der Waals surface area contributed by atoms with Crippen molar-refractivity contribution >= 4 is 11.6 Å². The lowest BCUT2D eigenvalue weighted by Gasteiger charge is -2.37. The first-order valence-corrected chi connectivity index (χ1v) is 6.59. The van der Waals surface area contributed by atoms with E-state index in [-0.39, 0.29) is 0 Å². The highest BCUT2D eigenvalue weighted by atomic mass is 35.5. The second-order valence-corrected chi connectivity index (χ2v) is 5.87. The first-order valence-electron chi connectivity index (χ1n) is 6.22. The van der Waals surface area contributed by atoms with Crippen LogP contribution in [0.1, 0.15) is 30.4 Å². The Kier molecular flexibility index (Phi) is 2.60. The normalized spacial score (nSPS) is 30.9. The van der Waals surface area contributed by atoms with Crippen LogP contribution in [0.4, 0.5) is 0 Å². The fourth-order valence-electron chi connectivity index (χ4n) is 3.38. The summed E-state index contributed by atoms with van der Waals surface area (Å²) >= 11 is 6.42. The number of methoxy groups -OCH3 is 1. The molecule has 0 amide bonds. The van der Waals surface area contributed by atoms with Gasteiger partial charge in [-0.1, -0.05) is 24.6 Å². The topological polar surface area (TPSA) is 21.3 Å². The average molecular weight is 252 g/mol. The minimum Gasteiger partial charge on any atom is -0.495 e. The zero-order chi connectivity index (χ0) is 12.0. The zero-order valence-corrected chi connectivity index (χ0v) is 11.1. The van der Waals surface area contributed by atoms with Gasteiger partial charge in [0.1, 0.15) is 5.75 Å². The number of rotatable bonds is 1. The Hall–Kier alpha value is -0.730. The summed E-state index contributed by atoms with van der Waals surface area (Å²) in [4.78, 5) is 0. The molecule has 2 atom stereocenters. The van der Waals surface area contributed by atoms with Crippen LogP contribution in [-0.4, -0.2) is 20.2 Å². The van der Waals surface area contributed by atoms with Crippen LogP contribution in [0.3, 0.4) is 0 Å². The van der Waals surface area contributed by atoms with E-state index in [9.17, 15) is 0 Å². The van der Waals surface area contributed by atoms with Gasteiger partial charge >= 0.3 is 0 Å². The Morgan fingerprint density at radius 1 is 1.47 bits per heavy atom. The van der Waals surface area contributed by atoms with Gasteiger partial charge in [0.15, 0.2) is 0 Å². The summed E-state index contributed by atoms with van der Waals surface area (Å²) in [6.07, 6.45) is 2.28. The minimum absolute atomic E-state index is 0.408. The molecule has 0 unspecified atom stereocenters. The Labute approximate surface area is 107 Å². The van der Waals surface area contributed by atoms with Gasteiger partial charge < -0.3 is 10.1 Å². The molecule has 17 heavy (non-hydrogen) atoms. The van der Waals surface area contributed by atoms with Crippen molar-refractivity contribution in [2.75, 3.05) is 20.2 Å². The third-order valence-electron chi connectivity index (χ3n) is 4.50. The van der Waals surface area contributed by atoms with Crippen LogP contribution in [-0.2, 0) is 6.42 Å². The van der Waals surface area contributed by atoms with Crippen LogP contribution in [0, 0.1) is 5.41 Å². The Bertz CT molecular complexity index is 460. The molecular formula is C14H18ClNO. The molecule has 1 aromatic carbocycles. The number of hydrogen-bond acceptors (Lipinski definition) is 2. The van der Waals surface area contributed by atoms with Crippen LogP contribution >= 0.6 is 11.6 Å². The van der Waals surface area contributed by atoms with E-state index < -0.39 is 0 Å². The molecule has 0 spiro atoms. The highest BCUT2D eigenvalue weighted by Crippen LogP contribution is 2.50. The summed E-state index contributed by atoms with van der Waals surface area (Å²) in [6, 6.07) is 4.21. The van der Waals surface area contributed by atoms with Crippen LogP contribution in [0.25, 0.3) is 0 Å². The van der Waals surface area contributed by atoms with Crippen LogP contribution in [0.15, 0.2) is 12.1 Å². The van der Waals surface area contributed by atoms with Crippen molar-refractivity contribution in [2.24, 2.45) is 5.41 Å². The number of nitrogens with one attached hydrogen (secondary N) is 1. The monoisotopic (exact) mass is 251 g/mol. The van der Waals surface area contributed by atoms with Gasteiger partial charge in [0.05, 0.1) is 12.1 Å². The number of halogens is 1. The van der Waals surface area contributed by atoms with E-state index >= 15 is 0 Å². The molecule has 0 bridgehead atoms. The van der Waals surface area contributed by atoms with Crippen LogP contribution < -0.4 is 10.1 Å². The molecule has 1 aliphatic carbocycles. The third kappa shape index (κ3) is 1.58. The number of ether oxygens (including phenoxy) is 1. The summed E-state index contributed by atoms with van der Waals surface area (Å²) in [5.41, 5.74) is 3.14. The lowest BCUT2D eigenvalue weighted by Crippen LogP contribution is -2.30. The zero-order valence-electron chi connectivity index (χ0n) is 10.3. The van der Waals surface area contributed by atoms with E-state index in [2.05, 4.69) is 18.3 Å². The van der Waals surface area contributed by atoms with E-state index in [0.29, 0.717) is 11.3 Å². The molecule has 92 valence electrons. The molecule has 2 aliphatic rings. The van der Waals surface area contributed by atoms with Gasteiger partial charge in [0.2, 0.25) is 0 Å². The molecular weight excluding hydrogens is 234 g/mol. The van der Waals surface area contributed by atoms with Crippen LogP contribution in [0.5, 0.6) is 5.75 Å². The molecule has 1 heterocycles. The van der Waals surface area contributed by atoms with Gasteiger partial charge in [-0.25, -0.2) is 0 Å². The molecule has 1 N–H and O–H groups in total. The number of fused-ring (bicyclic) bond motifs is 3. The Balaban J connectivity index is 2.11. The molecule has 1 aliphatic heterocycles. The SMILES string of the molecule is COc1ccc2c(c1Cl)CC[C@@]1(C)CNC[C@H]21. The highest BCUT2D eigenvalue weighted by molar-refractivity contribution is 6.33. The van der Waals surface area contributed by atoms with Gasteiger partial charge in [-0.3, -0.25) is 0 Å². The van der Waals surface area contributed by atoms with Crippen molar-refractivity contribution in [3.05, 3.63) is 28.3 Å². The second kappa shape index (κ2) is 3.89. The summed E-state index contributed by atoms with van der Waals surface area (Å²) in [5.74, 6) is 1.41. The fraction of sp³-hybridized carbons (Fsp3) is 0.571. The van der Waals surface area contributed by atoms with Gasteiger partial charge in [-0.2, -0.15) is 0 Å². The van der Waals surface area contributed by atoms with Crippen molar-refractivity contribution in [2.45, 2.75) is 25.7 Å². The van der Waals surface area contributed by atoms with Crippen LogP contribution in [0.2, 0.25) is 5.02 Å². The van der Waals surface area contributed by atoms with E-state index in [1.54, 1.807) is 7.11 Å². The molecule has 0 saturated carbocycles. The minimum atomic E-state index is 0.408. The summed E-state index contributed by atoms with van der Waals surface area (Å²) in [5, 5.41) is 4.34. The van der Waals surface area contributed by atoms with Gasteiger partial charge in [-0.05, 0) is 35.4 Å². The third-order valence-corrected chi connectivity index (χ3v) is 4.92. The molecule has 1 saturated heterocycles. The molecule has 3 heteroatoms. The lowest BCUT2D eigenvalue weighted by molar-refractivity contribution is 0.277. The summed E-state index contributed by atoms with van der Waals surface area (Å²) < 4.78 is 5.30. The summed E-state index contributed by atoms with van der Waals surface area (Å²) in [7, 11) is 1.68. The van der Waals surface area contributed by atoms with Crippen molar-refractivity contribution in [3.63, 3.8) is 0 Å². The molecule has 1 aromatic rings. The van der Waals surface area contributed by atoms with E-state index in [0.717, 1.165) is 30.3 Å². The maximum absolute atomic E-state index is 6.42. The van der Waals surface area contributed by atoms with Crippen molar-refractivity contribution in [1.82, 2.24) is 5.32 Å². The smallest absolute Gasteiger partial charge is 0.137 e. The summed E-state index contributed by atoms with van der Waals surface area (Å²) in [6.45, 7) is 4.59. The van der Waals surface area contributed by atoms with Gasteiger partial charge in [-0.15, -0.1) is 0 Å². The Morgan fingerprint density at radius 2 is 2.29 bits per heavy atom. The molecule has 2 nitrogen and oxygen atoms in total. The predicted molar refractivity (Wildman–Crippen MR) is 70.0 cm³/mol. The van der Waals surface area contributed by atoms with Gasteiger partial charge in [0.25, 0.3) is 0 Å². The standard InChI is InChI=1S/C14H18ClNO/c1-14-6-5-10-9(11(14)7-16-8-14)3-4-12(17-2)13(10)15/h3-4,11,16H,5-8H2,1-2H3/t11-,14+/m1/s1. The number of hydrogen-bond donors (Lipinski definition) is 1. The lowest BCUT2D eigenvalue weighted by atomic mass is 9.67. The van der Waals surface area contributed by atoms with E-state index in [4.69, 9.17) is 16.3 Å². The maximum atomic E-state index is 6.42. The molecule has 0 radical (unpaired) electrons. The first-order chi connectivity index (χ1) is 8.15. The average Bonchev–Trinajstić information content (AvgIpc) is 2.71. The van der Waals surface area contributed by atoms with Crippen molar-refractivity contribution in [1.29, 1.82) is 0 Å². The predicted octanol–water partition coefficient (Wildman–Crippen LogP) is 2.99. The van der Waals surface area contributed by atoms with E-state index in [1.165, 1.54) is 17.5 Å². The maximum Gasteiger partial charge on any atom is 0.137 e. The Morgan fingerprint density at radius 3 is 3.06 bits per heavy atom. The quantitative estimate of drug-likeness (QED) is 0.829. The first kappa shape index (κ1) is 11.4. The number of benzene rings is 1. The van der Waals surface area contributed by atoms with Crippen molar-refractivity contribution < 1.29 is 4.74 Å². The highest BCUT2D eigenvalue weighted by Gasteiger charge is 2.43. The van der Waals surface area contributed by atoms with Crippen molar-refractivity contribution in [3.8, 4) is 5.75 Å². The van der Waals surface area contributed by atoms with Gasteiger partial charge in [0, 0.05) is 19.0 Å². The second-order valence-electron chi connectivity index (χ2n) is 5.49.